The minimum absolute atomic E-state index is 0.0885. The number of benzene rings is 2. The van der Waals surface area contributed by atoms with Crippen LogP contribution in [-0.4, -0.2) is 37.6 Å². The van der Waals surface area contributed by atoms with Crippen molar-refractivity contribution >= 4 is 15.7 Å². The molecule has 1 heterocycles. The van der Waals surface area contributed by atoms with E-state index in [-0.39, 0.29) is 16.4 Å². The SMILES string of the molecule is CC1CCN(Cc2cccc(CNC(=O)c3ccccc3S(=O)(=O)C(C)C)c2)CC1. The first-order valence-corrected chi connectivity index (χ1v) is 12.2. The fourth-order valence-electron chi connectivity index (χ4n) is 3.75. The molecule has 0 radical (unpaired) electrons. The largest absolute Gasteiger partial charge is 0.348 e. The van der Waals surface area contributed by atoms with Gasteiger partial charge in [0.15, 0.2) is 9.84 Å². The second kappa shape index (κ2) is 9.75. The van der Waals surface area contributed by atoms with Gasteiger partial charge in [-0.05, 0) is 69.0 Å². The summed E-state index contributed by atoms with van der Waals surface area (Å²) < 4.78 is 25.2. The zero-order valence-corrected chi connectivity index (χ0v) is 18.9. The van der Waals surface area contributed by atoms with E-state index in [0.717, 1.165) is 31.1 Å². The van der Waals surface area contributed by atoms with Gasteiger partial charge in [0.1, 0.15) is 0 Å². The third-order valence-electron chi connectivity index (χ3n) is 5.79. The van der Waals surface area contributed by atoms with Crippen molar-refractivity contribution in [2.45, 2.75) is 56.8 Å². The number of nitrogens with one attached hydrogen (secondary N) is 1. The van der Waals surface area contributed by atoms with E-state index < -0.39 is 15.1 Å². The lowest BCUT2D eigenvalue weighted by molar-refractivity contribution is 0.0947. The van der Waals surface area contributed by atoms with E-state index in [1.54, 1.807) is 32.0 Å². The number of sulfone groups is 1. The molecule has 1 saturated heterocycles. The van der Waals surface area contributed by atoms with E-state index in [1.807, 2.05) is 12.1 Å². The number of carbonyl (C=O) groups is 1. The summed E-state index contributed by atoms with van der Waals surface area (Å²) in [5.41, 5.74) is 2.44. The summed E-state index contributed by atoms with van der Waals surface area (Å²) in [6, 6.07) is 14.6. The van der Waals surface area contributed by atoms with Crippen molar-refractivity contribution in [2.24, 2.45) is 5.92 Å². The molecule has 1 N–H and O–H groups in total. The highest BCUT2D eigenvalue weighted by atomic mass is 32.2. The first-order valence-electron chi connectivity index (χ1n) is 10.7. The van der Waals surface area contributed by atoms with E-state index in [1.165, 1.54) is 24.5 Å². The van der Waals surface area contributed by atoms with Crippen molar-refractivity contribution in [3.05, 3.63) is 65.2 Å². The fraction of sp³-hybridized carbons (Fsp3) is 0.458. The van der Waals surface area contributed by atoms with Crippen LogP contribution in [0.15, 0.2) is 53.4 Å². The van der Waals surface area contributed by atoms with Crippen LogP contribution >= 0.6 is 0 Å². The van der Waals surface area contributed by atoms with Gasteiger partial charge in [0.25, 0.3) is 5.91 Å². The van der Waals surface area contributed by atoms with Crippen LogP contribution in [-0.2, 0) is 22.9 Å². The average molecular weight is 429 g/mol. The van der Waals surface area contributed by atoms with Crippen LogP contribution in [0.5, 0.6) is 0 Å². The Morgan fingerprint density at radius 3 is 2.43 bits per heavy atom. The third-order valence-corrected chi connectivity index (χ3v) is 8.00. The number of likely N-dealkylation sites (tertiary alicyclic amines) is 1. The Bertz CT molecular complexity index is 977. The van der Waals surface area contributed by atoms with Crippen LogP contribution in [0, 0.1) is 5.92 Å². The normalized spacial score (nSPS) is 16.0. The minimum atomic E-state index is -3.53. The number of rotatable bonds is 7. The topological polar surface area (TPSA) is 66.5 Å². The highest BCUT2D eigenvalue weighted by Crippen LogP contribution is 2.21. The van der Waals surface area contributed by atoms with E-state index in [9.17, 15) is 13.2 Å². The molecular formula is C24H32N2O3S. The van der Waals surface area contributed by atoms with Gasteiger partial charge < -0.3 is 5.32 Å². The Morgan fingerprint density at radius 2 is 1.73 bits per heavy atom. The van der Waals surface area contributed by atoms with Gasteiger partial charge in [0.05, 0.1) is 15.7 Å². The Kier molecular flexibility index (Phi) is 7.32. The lowest BCUT2D eigenvalue weighted by atomic mass is 9.98. The molecule has 6 heteroatoms. The highest BCUT2D eigenvalue weighted by Gasteiger charge is 2.25. The predicted octanol–water partition coefficient (Wildman–Crippen LogP) is 4.03. The van der Waals surface area contributed by atoms with Gasteiger partial charge in [-0.3, -0.25) is 9.69 Å². The van der Waals surface area contributed by atoms with Crippen LogP contribution in [0.25, 0.3) is 0 Å². The van der Waals surface area contributed by atoms with Gasteiger partial charge in [-0.1, -0.05) is 43.3 Å². The Balaban J connectivity index is 1.66. The highest BCUT2D eigenvalue weighted by molar-refractivity contribution is 7.92. The molecule has 2 aromatic rings. The monoisotopic (exact) mass is 428 g/mol. The molecule has 3 rings (SSSR count). The molecule has 2 aromatic carbocycles. The first kappa shape index (κ1) is 22.5. The van der Waals surface area contributed by atoms with Crippen LogP contribution in [0.2, 0.25) is 0 Å². The molecular weight excluding hydrogens is 396 g/mol. The predicted molar refractivity (Wildman–Crippen MR) is 120 cm³/mol. The number of amides is 1. The molecule has 0 spiro atoms. The summed E-state index contributed by atoms with van der Waals surface area (Å²) in [6.45, 7) is 9.10. The standard InChI is InChI=1S/C24H32N2O3S/c1-18(2)30(28,29)23-10-5-4-9-22(23)24(27)25-16-20-7-6-8-21(15-20)17-26-13-11-19(3)12-14-26/h4-10,15,18-19H,11-14,16-17H2,1-3H3,(H,25,27). The van der Waals surface area contributed by atoms with Gasteiger partial charge in [0.2, 0.25) is 0 Å². The zero-order valence-electron chi connectivity index (χ0n) is 18.1. The molecule has 5 nitrogen and oxygen atoms in total. The van der Waals surface area contributed by atoms with Crippen LogP contribution in [0.1, 0.15) is 55.1 Å². The van der Waals surface area contributed by atoms with Gasteiger partial charge in [-0.15, -0.1) is 0 Å². The molecule has 0 atom stereocenters. The third kappa shape index (κ3) is 5.49. The number of hydrogen-bond donors (Lipinski definition) is 1. The van der Waals surface area contributed by atoms with E-state index in [0.29, 0.717) is 6.54 Å². The quantitative estimate of drug-likeness (QED) is 0.723. The maximum Gasteiger partial charge on any atom is 0.252 e. The van der Waals surface area contributed by atoms with E-state index in [4.69, 9.17) is 0 Å². The molecule has 0 aromatic heterocycles. The van der Waals surface area contributed by atoms with Gasteiger partial charge in [-0.25, -0.2) is 8.42 Å². The molecule has 30 heavy (non-hydrogen) atoms. The average Bonchev–Trinajstić information content (AvgIpc) is 2.74. The van der Waals surface area contributed by atoms with Gasteiger partial charge in [-0.2, -0.15) is 0 Å². The van der Waals surface area contributed by atoms with Crippen molar-refractivity contribution in [3.8, 4) is 0 Å². The molecule has 0 aliphatic carbocycles. The van der Waals surface area contributed by atoms with Gasteiger partial charge in [0, 0.05) is 13.1 Å². The van der Waals surface area contributed by atoms with Crippen molar-refractivity contribution in [2.75, 3.05) is 13.1 Å². The minimum Gasteiger partial charge on any atom is -0.348 e. The number of hydrogen-bond acceptors (Lipinski definition) is 4. The maximum atomic E-state index is 12.8. The fourth-order valence-corrected chi connectivity index (χ4v) is 4.99. The first-order chi connectivity index (χ1) is 14.3. The van der Waals surface area contributed by atoms with Crippen molar-refractivity contribution < 1.29 is 13.2 Å². The van der Waals surface area contributed by atoms with Crippen LogP contribution < -0.4 is 5.32 Å². The molecule has 1 fully saturated rings. The van der Waals surface area contributed by atoms with Gasteiger partial charge >= 0.3 is 0 Å². The number of carbonyl (C=O) groups excluding carboxylic acids is 1. The molecule has 1 aliphatic heterocycles. The molecule has 1 aliphatic rings. The molecule has 0 saturated carbocycles. The lowest BCUT2D eigenvalue weighted by Crippen LogP contribution is -2.32. The number of nitrogens with zero attached hydrogens (tertiary/aromatic N) is 1. The molecule has 1 amide bonds. The summed E-state index contributed by atoms with van der Waals surface area (Å²) in [5.74, 6) is 0.440. The lowest BCUT2D eigenvalue weighted by Gasteiger charge is -2.30. The summed E-state index contributed by atoms with van der Waals surface area (Å²) in [6.07, 6.45) is 2.49. The zero-order chi connectivity index (χ0) is 21.7. The Hall–Kier alpha value is -2.18. The van der Waals surface area contributed by atoms with E-state index >= 15 is 0 Å². The Labute approximate surface area is 180 Å². The van der Waals surface area contributed by atoms with Crippen molar-refractivity contribution in [1.29, 1.82) is 0 Å². The second-order valence-corrected chi connectivity index (χ2v) is 11.0. The van der Waals surface area contributed by atoms with Crippen molar-refractivity contribution in [1.82, 2.24) is 10.2 Å². The summed E-state index contributed by atoms with van der Waals surface area (Å²) >= 11 is 0. The Morgan fingerprint density at radius 1 is 1.07 bits per heavy atom. The smallest absolute Gasteiger partial charge is 0.252 e. The molecule has 0 unspecified atom stereocenters. The summed E-state index contributed by atoms with van der Waals surface area (Å²) in [4.78, 5) is 15.3. The molecule has 162 valence electrons. The summed E-state index contributed by atoms with van der Waals surface area (Å²) in [7, 11) is -3.53. The van der Waals surface area contributed by atoms with Crippen LogP contribution in [0.3, 0.4) is 0 Å². The second-order valence-electron chi connectivity index (χ2n) is 8.55. The molecule has 0 bridgehead atoms. The summed E-state index contributed by atoms with van der Waals surface area (Å²) in [5, 5.41) is 2.30. The van der Waals surface area contributed by atoms with Crippen LogP contribution in [0.4, 0.5) is 0 Å². The van der Waals surface area contributed by atoms with Crippen molar-refractivity contribution in [3.63, 3.8) is 0 Å². The maximum absolute atomic E-state index is 12.8. The number of piperidine rings is 1. The van der Waals surface area contributed by atoms with E-state index in [2.05, 4.69) is 29.3 Å².